The predicted octanol–water partition coefficient (Wildman–Crippen LogP) is 4.84. The predicted molar refractivity (Wildman–Crippen MR) is 101 cm³/mol. The van der Waals surface area contributed by atoms with Crippen molar-refractivity contribution in [3.63, 3.8) is 0 Å². The van der Waals surface area contributed by atoms with Gasteiger partial charge in [-0.25, -0.2) is 0 Å². The van der Waals surface area contributed by atoms with Crippen molar-refractivity contribution in [3.8, 4) is 0 Å². The molecule has 0 aromatic rings. The highest BCUT2D eigenvalue weighted by Crippen LogP contribution is 2.36. The molecule has 5 heteroatoms. The molecule has 0 aliphatic carbocycles. The first-order chi connectivity index (χ1) is 11.0. The van der Waals surface area contributed by atoms with Crippen LogP contribution in [0.5, 0.6) is 0 Å². The van der Waals surface area contributed by atoms with E-state index in [-0.39, 0.29) is 16.9 Å². The summed E-state index contributed by atoms with van der Waals surface area (Å²) in [4.78, 5) is 11.4. The van der Waals surface area contributed by atoms with Crippen molar-refractivity contribution in [2.24, 2.45) is 0 Å². The van der Waals surface area contributed by atoms with E-state index >= 15 is 0 Å². The molecule has 0 fully saturated rings. The summed E-state index contributed by atoms with van der Waals surface area (Å²) < 4.78 is 17.5. The maximum absolute atomic E-state index is 11.4. The first-order valence-corrected chi connectivity index (χ1v) is 12.1. The molecule has 0 saturated carbocycles. The molecule has 24 heavy (non-hydrogen) atoms. The minimum Gasteiger partial charge on any atom is -0.417 e. The quantitative estimate of drug-likeness (QED) is 0.438. The molecule has 0 spiro atoms. The van der Waals surface area contributed by atoms with Crippen molar-refractivity contribution in [1.29, 1.82) is 0 Å². The topological polar surface area (TPSA) is 44.8 Å². The van der Waals surface area contributed by atoms with Crippen LogP contribution in [0.4, 0.5) is 0 Å². The molecule has 0 saturated heterocycles. The summed E-state index contributed by atoms with van der Waals surface area (Å²) >= 11 is 0. The van der Waals surface area contributed by atoms with Gasteiger partial charge in [0.25, 0.3) is 0 Å². The Hall–Kier alpha value is -0.493. The van der Waals surface area contributed by atoms with Crippen molar-refractivity contribution < 1.29 is 18.7 Å². The summed E-state index contributed by atoms with van der Waals surface area (Å²) in [5.74, 6) is 0.00392. The SMILES string of the molecule is C[C@H](CCCCCO[Si](C)(C)C(C)(C)C)O[C@H]1C=CC(=O)[C@H](C)O1. The molecule has 0 aromatic carbocycles. The lowest BCUT2D eigenvalue weighted by atomic mass is 10.1. The Morgan fingerprint density at radius 3 is 2.50 bits per heavy atom. The second-order valence-electron chi connectivity index (χ2n) is 8.31. The average molecular weight is 357 g/mol. The number of unbranched alkanes of at least 4 members (excludes halogenated alkanes) is 2. The molecule has 0 aromatic heterocycles. The summed E-state index contributed by atoms with van der Waals surface area (Å²) in [5, 5.41) is 0.279. The van der Waals surface area contributed by atoms with E-state index in [1.165, 1.54) is 0 Å². The van der Waals surface area contributed by atoms with Gasteiger partial charge in [0.1, 0.15) is 6.10 Å². The molecule has 0 amide bonds. The molecule has 3 atom stereocenters. The summed E-state index contributed by atoms with van der Waals surface area (Å²) in [6, 6.07) is 0. The molecule has 0 radical (unpaired) electrons. The van der Waals surface area contributed by atoms with Gasteiger partial charge in [-0.3, -0.25) is 4.79 Å². The smallest absolute Gasteiger partial charge is 0.191 e. The highest BCUT2D eigenvalue weighted by molar-refractivity contribution is 6.74. The molecule has 1 rings (SSSR count). The minimum atomic E-state index is -1.60. The van der Waals surface area contributed by atoms with E-state index in [0.29, 0.717) is 0 Å². The third-order valence-electron chi connectivity index (χ3n) is 5.05. The molecule has 1 aliphatic rings. The zero-order valence-electron chi connectivity index (χ0n) is 16.6. The van der Waals surface area contributed by atoms with Crippen LogP contribution in [0.25, 0.3) is 0 Å². The monoisotopic (exact) mass is 356 g/mol. The Kier molecular flexibility index (Phi) is 8.33. The maximum atomic E-state index is 11.4. The fourth-order valence-electron chi connectivity index (χ4n) is 2.25. The summed E-state index contributed by atoms with van der Waals surface area (Å²) in [6.07, 6.45) is 6.96. The normalized spacial score (nSPS) is 23.5. The van der Waals surface area contributed by atoms with Crippen LogP contribution in [0.1, 0.15) is 60.3 Å². The van der Waals surface area contributed by atoms with Crippen LogP contribution in [-0.4, -0.2) is 39.2 Å². The van der Waals surface area contributed by atoms with Gasteiger partial charge >= 0.3 is 0 Å². The summed E-state index contributed by atoms with van der Waals surface area (Å²) in [5.41, 5.74) is 0. The fraction of sp³-hybridized carbons (Fsp3) is 0.842. The molecule has 0 N–H and O–H groups in total. The molecule has 0 bridgehead atoms. The Morgan fingerprint density at radius 1 is 1.25 bits per heavy atom. The highest BCUT2D eigenvalue weighted by Gasteiger charge is 2.36. The lowest BCUT2D eigenvalue weighted by Gasteiger charge is -2.36. The van der Waals surface area contributed by atoms with Gasteiger partial charge in [0.15, 0.2) is 20.4 Å². The molecule has 0 unspecified atom stereocenters. The van der Waals surface area contributed by atoms with E-state index in [9.17, 15) is 4.79 Å². The first kappa shape index (κ1) is 21.5. The Balaban J connectivity index is 2.13. The van der Waals surface area contributed by atoms with Gasteiger partial charge in [-0.05, 0) is 57.0 Å². The van der Waals surface area contributed by atoms with Gasteiger partial charge in [-0.2, -0.15) is 0 Å². The van der Waals surface area contributed by atoms with Gasteiger partial charge in [0.2, 0.25) is 0 Å². The number of carbonyl (C=O) groups excluding carboxylic acids is 1. The number of rotatable bonds is 9. The van der Waals surface area contributed by atoms with E-state index in [1.807, 2.05) is 0 Å². The Morgan fingerprint density at radius 2 is 1.92 bits per heavy atom. The van der Waals surface area contributed by atoms with Crippen molar-refractivity contribution in [2.75, 3.05) is 6.61 Å². The third-order valence-corrected chi connectivity index (χ3v) is 9.59. The second-order valence-corrected chi connectivity index (χ2v) is 13.1. The van der Waals surface area contributed by atoms with Crippen molar-refractivity contribution in [2.45, 2.75) is 96.9 Å². The first-order valence-electron chi connectivity index (χ1n) is 9.20. The van der Waals surface area contributed by atoms with E-state index in [0.717, 1.165) is 32.3 Å². The number of hydrogen-bond acceptors (Lipinski definition) is 4. The highest BCUT2D eigenvalue weighted by atomic mass is 28.4. The van der Waals surface area contributed by atoms with Crippen LogP contribution in [0.3, 0.4) is 0 Å². The van der Waals surface area contributed by atoms with Gasteiger partial charge in [-0.1, -0.05) is 33.6 Å². The Bertz CT molecular complexity index is 426. The van der Waals surface area contributed by atoms with Crippen molar-refractivity contribution >= 4 is 14.1 Å². The lowest BCUT2D eigenvalue weighted by molar-refractivity contribution is -0.173. The second kappa shape index (κ2) is 9.27. The summed E-state index contributed by atoms with van der Waals surface area (Å²) in [7, 11) is -1.60. The molecule has 1 heterocycles. The Labute approximate surface area is 149 Å². The van der Waals surface area contributed by atoms with Gasteiger partial charge < -0.3 is 13.9 Å². The van der Waals surface area contributed by atoms with Gasteiger partial charge in [0.05, 0.1) is 6.10 Å². The van der Waals surface area contributed by atoms with E-state index in [2.05, 4.69) is 40.8 Å². The lowest BCUT2D eigenvalue weighted by Crippen LogP contribution is -2.40. The van der Waals surface area contributed by atoms with Crippen molar-refractivity contribution in [1.82, 2.24) is 0 Å². The molecule has 1 aliphatic heterocycles. The van der Waals surface area contributed by atoms with Crippen LogP contribution in [0.2, 0.25) is 18.1 Å². The van der Waals surface area contributed by atoms with Gasteiger partial charge in [-0.15, -0.1) is 0 Å². The minimum absolute atomic E-state index is 0.00392. The fourth-order valence-corrected chi connectivity index (χ4v) is 3.34. The van der Waals surface area contributed by atoms with E-state index in [4.69, 9.17) is 13.9 Å². The number of ether oxygens (including phenoxy) is 2. The number of ketones is 1. The molecule has 140 valence electrons. The number of carbonyl (C=O) groups is 1. The van der Waals surface area contributed by atoms with Crippen LogP contribution in [0.15, 0.2) is 12.2 Å². The van der Waals surface area contributed by atoms with Crippen LogP contribution >= 0.6 is 0 Å². The average Bonchev–Trinajstić information content (AvgIpc) is 2.45. The molecular formula is C19H36O4Si. The van der Waals surface area contributed by atoms with E-state index in [1.54, 1.807) is 19.1 Å². The zero-order chi connectivity index (χ0) is 18.4. The van der Waals surface area contributed by atoms with E-state index < -0.39 is 20.7 Å². The zero-order valence-corrected chi connectivity index (χ0v) is 17.6. The van der Waals surface area contributed by atoms with Crippen molar-refractivity contribution in [3.05, 3.63) is 12.2 Å². The largest absolute Gasteiger partial charge is 0.417 e. The van der Waals surface area contributed by atoms with Crippen LogP contribution in [0, 0.1) is 0 Å². The number of hydrogen-bond donors (Lipinski definition) is 0. The van der Waals surface area contributed by atoms with Crippen LogP contribution in [-0.2, 0) is 18.7 Å². The van der Waals surface area contributed by atoms with Crippen LogP contribution < -0.4 is 0 Å². The third kappa shape index (κ3) is 7.17. The standard InChI is InChI=1S/C19H36O4Si/c1-15(22-18-13-12-17(20)16(2)23-18)11-9-8-10-14-21-24(6,7)19(3,4)5/h12-13,15-16,18H,8-11,14H2,1-7H3/t15-,16+,18-/m1/s1. The van der Waals surface area contributed by atoms with Gasteiger partial charge in [0, 0.05) is 6.61 Å². The molecular weight excluding hydrogens is 320 g/mol. The summed E-state index contributed by atoms with van der Waals surface area (Å²) in [6.45, 7) is 16.1. The molecule has 4 nitrogen and oxygen atoms in total. The maximum Gasteiger partial charge on any atom is 0.191 e.